The Morgan fingerprint density at radius 2 is 1.86 bits per heavy atom. The number of benzene rings is 2. The molecule has 1 heterocycles. The van der Waals surface area contributed by atoms with Crippen LogP contribution in [0, 0.1) is 20.8 Å². The third-order valence-electron chi connectivity index (χ3n) is 6.04. The highest BCUT2D eigenvalue weighted by Crippen LogP contribution is 2.44. The van der Waals surface area contributed by atoms with Gasteiger partial charge in [0.05, 0.1) is 5.56 Å². The van der Waals surface area contributed by atoms with Gasteiger partial charge in [-0.3, -0.25) is 9.52 Å². The number of nitrogens with one attached hydrogen (secondary N) is 1. The van der Waals surface area contributed by atoms with Crippen molar-refractivity contribution >= 4 is 33.3 Å². The zero-order valence-electron chi connectivity index (χ0n) is 20.4. The fourth-order valence-electron chi connectivity index (χ4n) is 4.06. The molecule has 7 nitrogen and oxygen atoms in total. The van der Waals surface area contributed by atoms with Crippen molar-refractivity contribution in [3.63, 3.8) is 0 Å². The molecule has 1 N–H and O–H groups in total. The molecule has 0 bridgehead atoms. The molecule has 36 heavy (non-hydrogen) atoms. The first kappa shape index (κ1) is 27.9. The van der Waals surface area contributed by atoms with E-state index in [9.17, 15) is 26.4 Å². The van der Waals surface area contributed by atoms with Crippen LogP contribution in [0.15, 0.2) is 18.2 Å². The highest BCUT2D eigenvalue weighted by molar-refractivity contribution is 7.93. The Kier molecular flexibility index (Phi) is 7.76. The van der Waals surface area contributed by atoms with E-state index in [0.717, 1.165) is 28.3 Å². The van der Waals surface area contributed by atoms with E-state index in [1.54, 1.807) is 6.92 Å². The van der Waals surface area contributed by atoms with E-state index in [1.165, 1.54) is 13.0 Å². The summed E-state index contributed by atoms with van der Waals surface area (Å²) in [6.07, 6.45) is -3.81. The average molecular weight is 550 g/mol. The molecule has 0 saturated heterocycles. The van der Waals surface area contributed by atoms with Gasteiger partial charge in [-0.25, -0.2) is 8.42 Å². The lowest BCUT2D eigenvalue weighted by Crippen LogP contribution is -2.42. The number of hydrogen-bond acceptors (Lipinski definition) is 6. The zero-order valence-corrected chi connectivity index (χ0v) is 22.0. The summed E-state index contributed by atoms with van der Waals surface area (Å²) < 4.78 is 83.7. The van der Waals surface area contributed by atoms with Crippen LogP contribution in [0.4, 0.5) is 18.9 Å². The molecule has 1 aliphatic rings. The number of sulfonamides is 1. The van der Waals surface area contributed by atoms with E-state index in [1.807, 2.05) is 25.5 Å². The minimum Gasteiger partial charge on any atom is -0.489 e. The summed E-state index contributed by atoms with van der Waals surface area (Å²) in [5, 5.41) is -0.801. The van der Waals surface area contributed by atoms with Gasteiger partial charge in [0.2, 0.25) is 10.0 Å². The van der Waals surface area contributed by atoms with E-state index >= 15 is 0 Å². The first-order valence-electron chi connectivity index (χ1n) is 11.0. The summed E-state index contributed by atoms with van der Waals surface area (Å²) in [4.78, 5) is 11.5. The quantitative estimate of drug-likeness (QED) is 0.272. The van der Waals surface area contributed by atoms with Gasteiger partial charge in [0, 0.05) is 18.2 Å². The fourth-order valence-corrected chi connectivity index (χ4v) is 4.76. The fraction of sp³-hybridized carbons (Fsp3) is 0.458. The minimum absolute atomic E-state index is 0.189. The Labute approximate surface area is 212 Å². The second kappa shape index (κ2) is 10.0. The Hall–Kier alpha value is -2.66. The van der Waals surface area contributed by atoms with E-state index in [2.05, 4.69) is 0 Å². The first-order chi connectivity index (χ1) is 16.6. The van der Waals surface area contributed by atoms with Crippen LogP contribution in [0.2, 0.25) is 0 Å². The number of alkyl halides is 4. The van der Waals surface area contributed by atoms with E-state index in [4.69, 9.17) is 25.8 Å². The molecule has 1 atom stereocenters. The Balaban J connectivity index is 1.87. The first-order valence-corrected chi connectivity index (χ1v) is 13.2. The van der Waals surface area contributed by atoms with Crippen molar-refractivity contribution < 1.29 is 40.6 Å². The second-order valence-corrected chi connectivity index (χ2v) is 11.3. The minimum atomic E-state index is -4.80. The van der Waals surface area contributed by atoms with Crippen LogP contribution in [0.3, 0.4) is 0 Å². The van der Waals surface area contributed by atoms with Gasteiger partial charge in [-0.2, -0.15) is 13.2 Å². The molecular weight excluding hydrogens is 523 g/mol. The number of carbonyl (C=O) groups excluding carboxylic acids is 1. The third kappa shape index (κ3) is 6.00. The van der Waals surface area contributed by atoms with E-state index in [0.29, 0.717) is 30.4 Å². The van der Waals surface area contributed by atoms with Gasteiger partial charge in [-0.1, -0.05) is 0 Å². The zero-order chi connectivity index (χ0) is 27.1. The highest BCUT2D eigenvalue weighted by atomic mass is 35.5. The molecule has 0 saturated carbocycles. The van der Waals surface area contributed by atoms with Crippen molar-refractivity contribution in [2.45, 2.75) is 59.2 Å². The van der Waals surface area contributed by atoms with Crippen molar-refractivity contribution in [2.75, 3.05) is 16.5 Å². The summed E-state index contributed by atoms with van der Waals surface area (Å²) in [6, 6.07) is 2.88. The second-order valence-electron chi connectivity index (χ2n) is 8.98. The number of rotatable bonds is 7. The van der Waals surface area contributed by atoms with Crippen molar-refractivity contribution in [1.29, 1.82) is 0 Å². The predicted molar refractivity (Wildman–Crippen MR) is 130 cm³/mol. The van der Waals surface area contributed by atoms with Crippen molar-refractivity contribution in [3.8, 4) is 17.2 Å². The summed E-state index contributed by atoms with van der Waals surface area (Å²) in [7, 11) is -3.98. The van der Waals surface area contributed by atoms with Crippen LogP contribution in [0.5, 0.6) is 17.2 Å². The maximum Gasteiger partial charge on any atom is 0.420 e. The van der Waals surface area contributed by atoms with Crippen LogP contribution in [-0.2, 0) is 27.4 Å². The molecule has 198 valence electrons. The normalized spacial score (nSPS) is 17.7. The molecule has 0 aliphatic carbocycles. The lowest BCUT2D eigenvalue weighted by Gasteiger charge is -2.38. The molecule has 2 aromatic carbocycles. The maximum atomic E-state index is 13.7. The Bertz CT molecular complexity index is 1300. The summed E-state index contributed by atoms with van der Waals surface area (Å²) in [5.41, 5.74) is 0.798. The lowest BCUT2D eigenvalue weighted by atomic mass is 9.87. The van der Waals surface area contributed by atoms with Gasteiger partial charge in [0.15, 0.2) is 0 Å². The topological polar surface area (TPSA) is 90.9 Å². The highest BCUT2D eigenvalue weighted by Gasteiger charge is 2.38. The number of ether oxygens (including phenoxy) is 3. The van der Waals surface area contributed by atoms with Crippen LogP contribution in [0.25, 0.3) is 0 Å². The number of esters is 1. The molecule has 3 rings (SSSR count). The largest absolute Gasteiger partial charge is 0.489 e. The molecule has 12 heteroatoms. The Morgan fingerprint density at radius 1 is 1.19 bits per heavy atom. The van der Waals surface area contributed by atoms with Crippen molar-refractivity contribution in [2.24, 2.45) is 0 Å². The number of carbonyl (C=O) groups is 1. The lowest BCUT2D eigenvalue weighted by molar-refractivity contribution is -0.139. The molecule has 0 spiro atoms. The van der Waals surface area contributed by atoms with E-state index in [-0.39, 0.29) is 12.3 Å². The molecule has 1 unspecified atom stereocenters. The van der Waals surface area contributed by atoms with Crippen LogP contribution in [-0.4, -0.2) is 31.8 Å². The Morgan fingerprint density at radius 3 is 2.44 bits per heavy atom. The predicted octanol–water partition coefficient (Wildman–Crippen LogP) is 5.66. The van der Waals surface area contributed by atoms with Gasteiger partial charge in [-0.15, -0.1) is 11.6 Å². The molecule has 0 aromatic heterocycles. The van der Waals surface area contributed by atoms with Crippen molar-refractivity contribution in [3.05, 3.63) is 46.0 Å². The maximum absolute atomic E-state index is 13.7. The molecule has 0 radical (unpaired) electrons. The van der Waals surface area contributed by atoms with E-state index < -0.39 is 44.3 Å². The smallest absolute Gasteiger partial charge is 0.420 e. The van der Waals surface area contributed by atoms with Gasteiger partial charge in [0.1, 0.15) is 34.7 Å². The summed E-state index contributed by atoms with van der Waals surface area (Å²) >= 11 is 5.32. The molecule has 0 amide bonds. The average Bonchev–Trinajstić information content (AvgIpc) is 2.78. The number of anilines is 1. The molecule has 1 aliphatic heterocycles. The van der Waals surface area contributed by atoms with Gasteiger partial charge < -0.3 is 14.2 Å². The molecule has 0 fully saturated rings. The van der Waals surface area contributed by atoms with Crippen molar-refractivity contribution in [1.82, 2.24) is 0 Å². The SMILES string of the molecule is CC(=O)Oc1c(C)c(C)c2c(c1C)CCC(C)(COc1ccc(NS(=O)(=O)CCl)cc1C(F)(F)F)O2. The number of fused-ring (bicyclic) bond motifs is 1. The number of halogens is 4. The van der Waals surface area contributed by atoms with Crippen LogP contribution >= 0.6 is 11.6 Å². The summed E-state index contributed by atoms with van der Waals surface area (Å²) in [5.74, 6) is 0.195. The number of hydrogen-bond donors (Lipinski definition) is 1. The molecular formula is C24H27ClF3NO6S. The van der Waals surface area contributed by atoms with Gasteiger partial charge >= 0.3 is 12.1 Å². The standard InChI is InChI=1S/C24H27ClF3NO6S/c1-13-14(2)22-18(15(3)21(13)34-16(4)30)8-9-23(5,35-22)11-33-20-7-6-17(29-36(31,32)12-25)10-19(20)24(26,27)28/h6-7,10,29H,8-9,11-12H2,1-5H3. The molecule has 2 aromatic rings. The third-order valence-corrected chi connectivity index (χ3v) is 7.74. The monoisotopic (exact) mass is 549 g/mol. The van der Waals surface area contributed by atoms with Gasteiger partial charge in [-0.05, 0) is 75.4 Å². The summed E-state index contributed by atoms with van der Waals surface area (Å²) in [6.45, 7) is 8.36. The van der Waals surface area contributed by atoms with Crippen LogP contribution in [0.1, 0.15) is 48.1 Å². The van der Waals surface area contributed by atoms with Gasteiger partial charge in [0.25, 0.3) is 0 Å². The van der Waals surface area contributed by atoms with Crippen LogP contribution < -0.4 is 18.9 Å².